The van der Waals surface area contributed by atoms with Crippen LogP contribution in [0.2, 0.25) is 0 Å². The molecule has 1 unspecified atom stereocenters. The number of aryl methyl sites for hydroxylation is 1. The molecular weight excluding hydrogens is 560 g/mol. The van der Waals surface area contributed by atoms with Crippen molar-refractivity contribution >= 4 is 40.6 Å². The fraction of sp³-hybridized carbons (Fsp3) is 0.310. The van der Waals surface area contributed by atoms with Crippen LogP contribution in [0.4, 0.5) is 5.69 Å². The van der Waals surface area contributed by atoms with Gasteiger partial charge in [-0.15, -0.1) is 21.5 Å². The van der Waals surface area contributed by atoms with Gasteiger partial charge >= 0.3 is 0 Å². The first-order valence-corrected chi connectivity index (χ1v) is 15.2. The second kappa shape index (κ2) is 12.6. The van der Waals surface area contributed by atoms with Crippen LogP contribution in [0, 0.1) is 17.0 Å². The molecule has 41 heavy (non-hydrogen) atoms. The summed E-state index contributed by atoms with van der Waals surface area (Å²) in [5.74, 6) is 1.31. The summed E-state index contributed by atoms with van der Waals surface area (Å²) < 4.78 is 2.05. The number of para-hydroxylation sites is 1. The van der Waals surface area contributed by atoms with E-state index in [1.807, 2.05) is 54.8 Å². The van der Waals surface area contributed by atoms with Crippen LogP contribution >= 0.6 is 23.1 Å². The average molecular weight is 591 g/mol. The van der Waals surface area contributed by atoms with E-state index in [4.69, 9.17) is 0 Å². The van der Waals surface area contributed by atoms with Crippen molar-refractivity contribution in [1.29, 1.82) is 0 Å². The zero-order valence-electron chi connectivity index (χ0n) is 22.8. The average Bonchev–Trinajstić information content (AvgIpc) is 3.66. The summed E-state index contributed by atoms with van der Waals surface area (Å²) >= 11 is 3.19. The van der Waals surface area contributed by atoms with Gasteiger partial charge in [-0.05, 0) is 49.9 Å². The van der Waals surface area contributed by atoms with Gasteiger partial charge in [0.05, 0.1) is 9.80 Å². The Morgan fingerprint density at radius 2 is 1.90 bits per heavy atom. The van der Waals surface area contributed by atoms with Gasteiger partial charge in [-0.25, -0.2) is 0 Å². The third-order valence-electron chi connectivity index (χ3n) is 7.05. The normalized spacial score (nSPS) is 15.2. The van der Waals surface area contributed by atoms with Crippen molar-refractivity contribution in [2.24, 2.45) is 0 Å². The van der Waals surface area contributed by atoms with E-state index < -0.39 is 4.92 Å². The molecule has 1 aliphatic heterocycles. The van der Waals surface area contributed by atoms with Crippen molar-refractivity contribution in [2.45, 2.75) is 37.9 Å². The molecule has 1 atom stereocenters. The van der Waals surface area contributed by atoms with E-state index in [-0.39, 0.29) is 29.1 Å². The molecule has 4 aromatic rings. The molecule has 0 radical (unpaired) electrons. The quantitative estimate of drug-likeness (QED) is 0.110. The number of amides is 2. The van der Waals surface area contributed by atoms with Crippen LogP contribution in [0.15, 0.2) is 71.2 Å². The maximum absolute atomic E-state index is 13.1. The summed E-state index contributed by atoms with van der Waals surface area (Å²) in [6.45, 7) is 4.79. The molecule has 2 aromatic heterocycles. The Morgan fingerprint density at radius 1 is 1.10 bits per heavy atom. The Kier molecular flexibility index (Phi) is 8.79. The fourth-order valence-electron chi connectivity index (χ4n) is 4.87. The number of nitro benzene ring substituents is 1. The van der Waals surface area contributed by atoms with E-state index in [1.165, 1.54) is 6.07 Å². The van der Waals surface area contributed by atoms with Crippen molar-refractivity contribution in [2.75, 3.05) is 25.4 Å². The highest BCUT2D eigenvalue weighted by Crippen LogP contribution is 2.31. The van der Waals surface area contributed by atoms with Crippen LogP contribution in [0.1, 0.15) is 35.7 Å². The molecule has 5 rings (SSSR count). The molecular formula is C29H30N6O4S2. The molecule has 0 spiro atoms. The van der Waals surface area contributed by atoms with Crippen molar-refractivity contribution in [3.05, 3.63) is 87.3 Å². The predicted molar refractivity (Wildman–Crippen MR) is 160 cm³/mol. The van der Waals surface area contributed by atoms with Crippen LogP contribution in [0.5, 0.6) is 0 Å². The Bertz CT molecular complexity index is 1540. The van der Waals surface area contributed by atoms with Crippen molar-refractivity contribution in [3.63, 3.8) is 0 Å². The van der Waals surface area contributed by atoms with Gasteiger partial charge in [0.1, 0.15) is 0 Å². The largest absolute Gasteiger partial charge is 0.339 e. The maximum atomic E-state index is 13.1. The monoisotopic (exact) mass is 590 g/mol. The SMILES string of the molecule is Cc1ccc(C(=O)N2CCN(C(=O)CCCSc3nnc(-c4cccs4)n3-c3ccccc3)CC2C)cc1[N+](=O)[O-]. The van der Waals surface area contributed by atoms with Gasteiger partial charge in [0, 0.05) is 60.7 Å². The van der Waals surface area contributed by atoms with Crippen LogP contribution in [-0.4, -0.2) is 72.7 Å². The molecule has 3 heterocycles. The molecule has 0 bridgehead atoms. The molecule has 0 N–H and O–H groups in total. The number of piperazine rings is 1. The summed E-state index contributed by atoms with van der Waals surface area (Å²) in [5.41, 5.74) is 1.72. The summed E-state index contributed by atoms with van der Waals surface area (Å²) in [6.07, 6.45) is 1.08. The molecule has 12 heteroatoms. The number of hydrogen-bond acceptors (Lipinski definition) is 8. The zero-order valence-corrected chi connectivity index (χ0v) is 24.4. The van der Waals surface area contributed by atoms with E-state index in [9.17, 15) is 19.7 Å². The van der Waals surface area contributed by atoms with E-state index in [1.54, 1.807) is 52.0 Å². The molecule has 1 aliphatic rings. The van der Waals surface area contributed by atoms with Crippen LogP contribution in [0.25, 0.3) is 16.4 Å². The molecule has 2 amide bonds. The lowest BCUT2D eigenvalue weighted by Crippen LogP contribution is -2.55. The van der Waals surface area contributed by atoms with Gasteiger partial charge in [-0.2, -0.15) is 0 Å². The van der Waals surface area contributed by atoms with E-state index in [0.717, 1.165) is 21.5 Å². The highest BCUT2D eigenvalue weighted by molar-refractivity contribution is 7.99. The first-order chi connectivity index (χ1) is 19.8. The number of carbonyl (C=O) groups excluding carboxylic acids is 2. The Labute approximate surface area is 246 Å². The number of rotatable bonds is 9. The first kappa shape index (κ1) is 28.5. The number of carbonyl (C=O) groups is 2. The lowest BCUT2D eigenvalue weighted by Gasteiger charge is -2.40. The van der Waals surface area contributed by atoms with Crippen LogP contribution in [-0.2, 0) is 4.79 Å². The highest BCUT2D eigenvalue weighted by atomic mass is 32.2. The maximum Gasteiger partial charge on any atom is 0.273 e. The lowest BCUT2D eigenvalue weighted by atomic mass is 10.1. The zero-order chi connectivity index (χ0) is 28.9. The van der Waals surface area contributed by atoms with Gasteiger partial charge in [-0.3, -0.25) is 24.3 Å². The number of benzene rings is 2. The van der Waals surface area contributed by atoms with Crippen molar-refractivity contribution in [3.8, 4) is 16.4 Å². The lowest BCUT2D eigenvalue weighted by molar-refractivity contribution is -0.385. The van der Waals surface area contributed by atoms with Gasteiger partial charge in [0.15, 0.2) is 11.0 Å². The predicted octanol–water partition coefficient (Wildman–Crippen LogP) is 5.46. The summed E-state index contributed by atoms with van der Waals surface area (Å²) in [6, 6.07) is 18.4. The van der Waals surface area contributed by atoms with Gasteiger partial charge in [-0.1, -0.05) is 42.1 Å². The molecule has 1 fully saturated rings. The molecule has 10 nitrogen and oxygen atoms in total. The molecule has 212 valence electrons. The Hall–Kier alpha value is -4.03. The fourth-order valence-corrected chi connectivity index (χ4v) is 6.46. The van der Waals surface area contributed by atoms with Crippen LogP contribution in [0.3, 0.4) is 0 Å². The second-order valence-electron chi connectivity index (χ2n) is 9.85. The van der Waals surface area contributed by atoms with Crippen LogP contribution < -0.4 is 0 Å². The number of nitro groups is 1. The second-order valence-corrected chi connectivity index (χ2v) is 11.9. The minimum atomic E-state index is -0.474. The standard InChI is InChI=1S/C29H30N6O4S2/c1-20-12-13-22(18-24(20)35(38)39)28(37)33-15-14-32(19-21(33)2)26(36)11-7-17-41-29-31-30-27(25-10-6-16-40-25)34(29)23-8-4-3-5-9-23/h3-6,8-10,12-13,16,18,21H,7,11,14-15,17,19H2,1-2H3. The topological polar surface area (TPSA) is 114 Å². The summed E-state index contributed by atoms with van der Waals surface area (Å²) in [4.78, 5) is 41.5. The van der Waals surface area contributed by atoms with Crippen molar-refractivity contribution < 1.29 is 14.5 Å². The number of hydrogen-bond donors (Lipinski definition) is 0. The van der Waals surface area contributed by atoms with Crippen molar-refractivity contribution in [1.82, 2.24) is 24.6 Å². The molecule has 0 saturated carbocycles. The number of thiophene rings is 1. The molecule has 2 aromatic carbocycles. The van der Waals surface area contributed by atoms with E-state index >= 15 is 0 Å². The Morgan fingerprint density at radius 3 is 2.61 bits per heavy atom. The molecule has 0 aliphatic carbocycles. The molecule has 1 saturated heterocycles. The number of aromatic nitrogens is 3. The minimum Gasteiger partial charge on any atom is -0.339 e. The van der Waals surface area contributed by atoms with Gasteiger partial charge in [0.25, 0.3) is 11.6 Å². The highest BCUT2D eigenvalue weighted by Gasteiger charge is 2.31. The number of nitrogens with zero attached hydrogens (tertiary/aromatic N) is 6. The number of thioether (sulfide) groups is 1. The van der Waals surface area contributed by atoms with Gasteiger partial charge in [0.2, 0.25) is 5.91 Å². The minimum absolute atomic E-state index is 0.0549. The smallest absolute Gasteiger partial charge is 0.273 e. The van der Waals surface area contributed by atoms with E-state index in [0.29, 0.717) is 43.8 Å². The van der Waals surface area contributed by atoms with E-state index in [2.05, 4.69) is 14.8 Å². The van der Waals surface area contributed by atoms with Gasteiger partial charge < -0.3 is 9.80 Å². The third kappa shape index (κ3) is 6.33. The summed E-state index contributed by atoms with van der Waals surface area (Å²) in [7, 11) is 0. The first-order valence-electron chi connectivity index (χ1n) is 13.3. The summed E-state index contributed by atoms with van der Waals surface area (Å²) in [5, 5.41) is 23.0. The Balaban J connectivity index is 1.15. The third-order valence-corrected chi connectivity index (χ3v) is 8.93.